The van der Waals surface area contributed by atoms with E-state index in [1.807, 2.05) is 24.3 Å². The summed E-state index contributed by atoms with van der Waals surface area (Å²) in [4.78, 5) is 16.8. The summed E-state index contributed by atoms with van der Waals surface area (Å²) in [5, 5.41) is 3.20. The van der Waals surface area contributed by atoms with Crippen molar-refractivity contribution >= 4 is 16.7 Å². The molecule has 0 aliphatic heterocycles. The molecule has 0 bridgehead atoms. The van der Waals surface area contributed by atoms with Crippen molar-refractivity contribution < 1.29 is 0 Å². The molecule has 0 spiro atoms. The minimum Gasteiger partial charge on any atom is -0.377 e. The maximum Gasteiger partial charge on any atom is 0.115 e. The molecule has 0 saturated heterocycles. The van der Waals surface area contributed by atoms with E-state index in [1.165, 1.54) is 6.33 Å². The van der Waals surface area contributed by atoms with E-state index >= 15 is 0 Å². The van der Waals surface area contributed by atoms with Gasteiger partial charge < -0.3 is 5.32 Å². The molecule has 3 rings (SSSR count). The zero-order chi connectivity index (χ0) is 12.2. The first-order valence-corrected chi connectivity index (χ1v) is 5.61. The van der Waals surface area contributed by atoms with E-state index in [9.17, 15) is 0 Å². The monoisotopic (exact) mass is 237 g/mol. The van der Waals surface area contributed by atoms with Gasteiger partial charge in [-0.3, -0.25) is 4.98 Å². The third-order valence-corrected chi connectivity index (χ3v) is 2.53. The second-order valence-corrected chi connectivity index (χ2v) is 3.83. The first-order chi connectivity index (χ1) is 8.92. The van der Waals surface area contributed by atoms with Crippen LogP contribution >= 0.6 is 0 Å². The maximum atomic E-state index is 4.52. The van der Waals surface area contributed by atoms with Crippen molar-refractivity contribution in [2.45, 2.75) is 6.54 Å². The Kier molecular flexibility index (Phi) is 2.79. The number of anilines is 1. The minimum absolute atomic E-state index is 0.602. The van der Waals surface area contributed by atoms with Crippen molar-refractivity contribution in [1.82, 2.24) is 19.9 Å². The predicted octanol–water partition coefficient (Wildman–Crippen LogP) is 2.03. The number of nitrogens with one attached hydrogen (secondary N) is 1. The number of aromatic nitrogens is 4. The van der Waals surface area contributed by atoms with Gasteiger partial charge in [0.25, 0.3) is 0 Å². The Balaban J connectivity index is 1.79. The summed E-state index contributed by atoms with van der Waals surface area (Å²) in [5.41, 5.74) is 3.57. The predicted molar refractivity (Wildman–Crippen MR) is 68.9 cm³/mol. The van der Waals surface area contributed by atoms with E-state index in [1.54, 1.807) is 18.6 Å². The molecule has 0 fully saturated rings. The Hall–Kier alpha value is -2.56. The molecule has 5 heteroatoms. The Labute approximate surface area is 104 Å². The molecule has 3 aromatic rings. The van der Waals surface area contributed by atoms with Crippen LogP contribution in [-0.4, -0.2) is 19.9 Å². The highest BCUT2D eigenvalue weighted by Gasteiger charge is 1.99. The third-order valence-electron chi connectivity index (χ3n) is 2.53. The van der Waals surface area contributed by atoms with Crippen molar-refractivity contribution in [2.75, 3.05) is 5.32 Å². The highest BCUT2D eigenvalue weighted by Crippen LogP contribution is 2.09. The minimum atomic E-state index is 0.602. The second kappa shape index (κ2) is 4.75. The third kappa shape index (κ3) is 2.24. The zero-order valence-corrected chi connectivity index (χ0v) is 9.61. The van der Waals surface area contributed by atoms with Crippen LogP contribution in [0.25, 0.3) is 11.0 Å². The largest absolute Gasteiger partial charge is 0.377 e. The van der Waals surface area contributed by atoms with Gasteiger partial charge >= 0.3 is 0 Å². The van der Waals surface area contributed by atoms with Gasteiger partial charge in [0.2, 0.25) is 0 Å². The fourth-order valence-corrected chi connectivity index (χ4v) is 1.66. The average Bonchev–Trinajstić information content (AvgIpc) is 2.46. The number of benzene rings is 1. The lowest BCUT2D eigenvalue weighted by Gasteiger charge is -2.05. The summed E-state index contributed by atoms with van der Waals surface area (Å²) in [6.07, 6.45) is 6.73. The summed E-state index contributed by atoms with van der Waals surface area (Å²) >= 11 is 0. The van der Waals surface area contributed by atoms with E-state index in [2.05, 4.69) is 25.3 Å². The van der Waals surface area contributed by atoms with Crippen LogP contribution in [0.1, 0.15) is 5.69 Å². The number of hydrogen-bond donors (Lipinski definition) is 1. The van der Waals surface area contributed by atoms with Gasteiger partial charge in [-0.15, -0.1) is 0 Å². The van der Waals surface area contributed by atoms with Gasteiger partial charge in [-0.25, -0.2) is 15.0 Å². The Morgan fingerprint density at radius 2 is 1.72 bits per heavy atom. The topological polar surface area (TPSA) is 63.6 Å². The molecule has 0 radical (unpaired) electrons. The van der Waals surface area contributed by atoms with Gasteiger partial charge in [0, 0.05) is 0 Å². The zero-order valence-electron chi connectivity index (χ0n) is 9.61. The molecule has 0 aliphatic carbocycles. The van der Waals surface area contributed by atoms with Crippen molar-refractivity contribution in [3.8, 4) is 0 Å². The quantitative estimate of drug-likeness (QED) is 0.755. The molecule has 0 amide bonds. The number of fused-ring (bicyclic) bond motifs is 1. The van der Waals surface area contributed by atoms with Crippen molar-refractivity contribution in [3.63, 3.8) is 0 Å². The molecule has 2 heterocycles. The van der Waals surface area contributed by atoms with Crippen molar-refractivity contribution in [3.05, 3.63) is 54.9 Å². The van der Waals surface area contributed by atoms with E-state index in [4.69, 9.17) is 0 Å². The fourth-order valence-electron chi connectivity index (χ4n) is 1.66. The number of para-hydroxylation sites is 2. The highest BCUT2D eigenvalue weighted by molar-refractivity contribution is 5.73. The summed E-state index contributed by atoms with van der Waals surface area (Å²) in [7, 11) is 0. The van der Waals surface area contributed by atoms with Gasteiger partial charge in [-0.05, 0) is 12.1 Å². The maximum absolute atomic E-state index is 4.52. The molecular formula is C13H11N5. The number of hydrogen-bond acceptors (Lipinski definition) is 5. The first kappa shape index (κ1) is 10.6. The lowest BCUT2D eigenvalue weighted by molar-refractivity contribution is 1.03. The lowest BCUT2D eigenvalue weighted by atomic mass is 10.3. The van der Waals surface area contributed by atoms with E-state index < -0.39 is 0 Å². The summed E-state index contributed by atoms with van der Waals surface area (Å²) in [6.45, 7) is 0.602. The lowest BCUT2D eigenvalue weighted by Crippen LogP contribution is -2.03. The average molecular weight is 237 g/mol. The Bertz CT molecular complexity index is 654. The molecule has 88 valence electrons. The number of nitrogens with zero attached hydrogens (tertiary/aromatic N) is 4. The van der Waals surface area contributed by atoms with Crippen LogP contribution < -0.4 is 5.32 Å². The van der Waals surface area contributed by atoms with Crippen LogP contribution in [0.5, 0.6) is 0 Å². The van der Waals surface area contributed by atoms with Gasteiger partial charge in [0.05, 0.1) is 47.6 Å². The van der Waals surface area contributed by atoms with Gasteiger partial charge in [0.15, 0.2) is 0 Å². The van der Waals surface area contributed by atoms with Crippen LogP contribution in [0.2, 0.25) is 0 Å². The Morgan fingerprint density at radius 3 is 2.56 bits per heavy atom. The molecule has 0 atom stereocenters. The smallest absolute Gasteiger partial charge is 0.115 e. The number of rotatable bonds is 3. The molecule has 0 saturated carbocycles. The first-order valence-electron chi connectivity index (χ1n) is 5.61. The van der Waals surface area contributed by atoms with Crippen LogP contribution in [-0.2, 0) is 6.54 Å². The molecule has 5 nitrogen and oxygen atoms in total. The van der Waals surface area contributed by atoms with Crippen molar-refractivity contribution in [1.29, 1.82) is 0 Å². The molecule has 2 aromatic heterocycles. The SMILES string of the molecule is c1ccc2nc(CNc3cncnc3)cnc2c1. The second-order valence-electron chi connectivity index (χ2n) is 3.83. The fraction of sp³-hybridized carbons (Fsp3) is 0.0769. The van der Waals surface area contributed by atoms with Crippen molar-refractivity contribution in [2.24, 2.45) is 0 Å². The molecular weight excluding hydrogens is 226 g/mol. The van der Waals surface area contributed by atoms with Gasteiger partial charge in [-0.1, -0.05) is 12.1 Å². The van der Waals surface area contributed by atoms with Gasteiger partial charge in [0.1, 0.15) is 6.33 Å². The molecule has 18 heavy (non-hydrogen) atoms. The molecule has 0 aliphatic rings. The van der Waals surface area contributed by atoms with E-state index in [0.717, 1.165) is 22.4 Å². The van der Waals surface area contributed by atoms with Gasteiger partial charge in [-0.2, -0.15) is 0 Å². The van der Waals surface area contributed by atoms with Crippen LogP contribution in [0.3, 0.4) is 0 Å². The van der Waals surface area contributed by atoms with E-state index in [0.29, 0.717) is 6.54 Å². The van der Waals surface area contributed by atoms with Crippen LogP contribution in [0, 0.1) is 0 Å². The molecule has 1 N–H and O–H groups in total. The normalized spacial score (nSPS) is 10.4. The standard InChI is InChI=1S/C13H11N5/c1-2-4-13-12(3-1)17-8-11(18-13)7-16-10-5-14-9-15-6-10/h1-6,8-9,16H,7H2. The van der Waals surface area contributed by atoms with E-state index in [-0.39, 0.29) is 0 Å². The molecule has 1 aromatic carbocycles. The summed E-state index contributed by atoms with van der Waals surface area (Å²) < 4.78 is 0. The van der Waals surface area contributed by atoms with Crippen LogP contribution in [0.4, 0.5) is 5.69 Å². The van der Waals surface area contributed by atoms with Crippen LogP contribution in [0.15, 0.2) is 49.2 Å². The molecule has 0 unspecified atom stereocenters. The summed E-state index contributed by atoms with van der Waals surface area (Å²) in [5.74, 6) is 0. The Morgan fingerprint density at radius 1 is 0.944 bits per heavy atom. The summed E-state index contributed by atoms with van der Waals surface area (Å²) in [6, 6.07) is 7.82. The highest BCUT2D eigenvalue weighted by atomic mass is 14.9.